The second-order valence-electron chi connectivity index (χ2n) is 4.69. The Balaban J connectivity index is 2.52. The molecule has 1 rings (SSSR count). The van der Waals surface area contributed by atoms with E-state index in [9.17, 15) is 0 Å². The standard InChI is InChI=1S/C12H22N2O2/c1-9(2)13-7-6-11-14-8-10(16-11)12(3,4)15-5/h8-9,13H,6-7H2,1-5H3. The van der Waals surface area contributed by atoms with Gasteiger partial charge in [-0.3, -0.25) is 0 Å². The number of rotatable bonds is 6. The lowest BCUT2D eigenvalue weighted by atomic mass is 10.1. The highest BCUT2D eigenvalue weighted by atomic mass is 16.5. The molecule has 0 atom stereocenters. The average molecular weight is 226 g/mol. The molecule has 4 nitrogen and oxygen atoms in total. The first-order valence-electron chi connectivity index (χ1n) is 5.69. The molecule has 0 spiro atoms. The van der Waals surface area contributed by atoms with Crippen molar-refractivity contribution < 1.29 is 9.15 Å². The Morgan fingerprint density at radius 2 is 2.19 bits per heavy atom. The zero-order chi connectivity index (χ0) is 12.2. The van der Waals surface area contributed by atoms with Crippen LogP contribution in [0, 0.1) is 0 Å². The Labute approximate surface area is 97.4 Å². The topological polar surface area (TPSA) is 47.3 Å². The third-order valence-electron chi connectivity index (χ3n) is 2.55. The van der Waals surface area contributed by atoms with Crippen LogP contribution in [0.25, 0.3) is 0 Å². The van der Waals surface area contributed by atoms with Crippen LogP contribution < -0.4 is 5.32 Å². The molecule has 92 valence electrons. The molecule has 0 saturated carbocycles. The Morgan fingerprint density at radius 1 is 1.50 bits per heavy atom. The first-order chi connectivity index (χ1) is 7.45. The number of hydrogen-bond acceptors (Lipinski definition) is 4. The number of oxazole rings is 1. The maximum absolute atomic E-state index is 5.65. The summed E-state index contributed by atoms with van der Waals surface area (Å²) in [5.74, 6) is 1.53. The fourth-order valence-electron chi connectivity index (χ4n) is 1.27. The molecule has 0 aliphatic heterocycles. The van der Waals surface area contributed by atoms with Gasteiger partial charge in [-0.2, -0.15) is 0 Å². The molecule has 0 amide bonds. The highest BCUT2D eigenvalue weighted by Gasteiger charge is 2.24. The van der Waals surface area contributed by atoms with Crippen LogP contribution in [-0.4, -0.2) is 24.7 Å². The molecule has 0 aliphatic rings. The van der Waals surface area contributed by atoms with Crippen molar-refractivity contribution in [1.29, 1.82) is 0 Å². The molecular formula is C12H22N2O2. The normalized spacial score (nSPS) is 12.4. The molecule has 0 aromatic carbocycles. The number of nitrogens with zero attached hydrogens (tertiary/aromatic N) is 1. The quantitative estimate of drug-likeness (QED) is 0.807. The number of aromatic nitrogens is 1. The fraction of sp³-hybridized carbons (Fsp3) is 0.750. The van der Waals surface area contributed by atoms with E-state index in [1.54, 1.807) is 13.3 Å². The summed E-state index contributed by atoms with van der Waals surface area (Å²) in [4.78, 5) is 4.24. The molecular weight excluding hydrogens is 204 g/mol. The Hall–Kier alpha value is -0.870. The van der Waals surface area contributed by atoms with E-state index in [1.807, 2.05) is 13.8 Å². The minimum absolute atomic E-state index is 0.406. The second-order valence-corrected chi connectivity index (χ2v) is 4.69. The van der Waals surface area contributed by atoms with Crippen molar-refractivity contribution in [2.24, 2.45) is 0 Å². The molecule has 1 aromatic heterocycles. The summed E-state index contributed by atoms with van der Waals surface area (Å²) in [6, 6.07) is 0.491. The molecule has 1 heterocycles. The average Bonchev–Trinajstić information content (AvgIpc) is 2.66. The number of nitrogens with one attached hydrogen (secondary N) is 1. The zero-order valence-electron chi connectivity index (χ0n) is 10.8. The van der Waals surface area contributed by atoms with Crippen LogP contribution in [0.2, 0.25) is 0 Å². The highest BCUT2D eigenvalue weighted by Crippen LogP contribution is 2.24. The predicted molar refractivity (Wildman–Crippen MR) is 63.4 cm³/mol. The van der Waals surface area contributed by atoms with Crippen molar-refractivity contribution in [3.63, 3.8) is 0 Å². The van der Waals surface area contributed by atoms with Gasteiger partial charge in [0.15, 0.2) is 11.7 Å². The van der Waals surface area contributed by atoms with E-state index in [0.717, 1.165) is 24.6 Å². The van der Waals surface area contributed by atoms with Crippen molar-refractivity contribution in [3.8, 4) is 0 Å². The Kier molecular flexibility index (Phi) is 4.50. The van der Waals surface area contributed by atoms with E-state index in [4.69, 9.17) is 9.15 Å². The monoisotopic (exact) mass is 226 g/mol. The second kappa shape index (κ2) is 5.46. The molecule has 0 aliphatic carbocycles. The van der Waals surface area contributed by atoms with Crippen LogP contribution in [-0.2, 0) is 16.8 Å². The predicted octanol–water partition coefficient (Wildman–Crippen LogP) is 2.10. The fourth-order valence-corrected chi connectivity index (χ4v) is 1.27. The summed E-state index contributed by atoms with van der Waals surface area (Å²) in [6.45, 7) is 9.04. The van der Waals surface area contributed by atoms with Crippen molar-refractivity contribution in [3.05, 3.63) is 17.8 Å². The maximum Gasteiger partial charge on any atom is 0.195 e. The lowest BCUT2D eigenvalue weighted by molar-refractivity contribution is 0.000110. The van der Waals surface area contributed by atoms with E-state index in [0.29, 0.717) is 6.04 Å². The first kappa shape index (κ1) is 13.2. The summed E-state index contributed by atoms with van der Waals surface area (Å²) in [7, 11) is 1.67. The highest BCUT2D eigenvalue weighted by molar-refractivity contribution is 5.03. The Bertz CT molecular complexity index is 319. The summed E-state index contributed by atoms with van der Waals surface area (Å²) < 4.78 is 11.0. The SMILES string of the molecule is COC(C)(C)c1cnc(CCNC(C)C)o1. The van der Waals surface area contributed by atoms with Gasteiger partial charge in [0, 0.05) is 26.1 Å². The summed E-state index contributed by atoms with van der Waals surface area (Å²) in [5.41, 5.74) is -0.406. The molecule has 1 aromatic rings. The summed E-state index contributed by atoms with van der Waals surface area (Å²) in [6.07, 6.45) is 2.55. The molecule has 0 unspecified atom stereocenters. The molecule has 1 N–H and O–H groups in total. The van der Waals surface area contributed by atoms with Gasteiger partial charge in [-0.15, -0.1) is 0 Å². The smallest absolute Gasteiger partial charge is 0.195 e. The summed E-state index contributed by atoms with van der Waals surface area (Å²) in [5, 5.41) is 3.32. The first-order valence-corrected chi connectivity index (χ1v) is 5.69. The van der Waals surface area contributed by atoms with Gasteiger partial charge in [-0.25, -0.2) is 4.98 Å². The number of methoxy groups -OCH3 is 1. The molecule has 0 radical (unpaired) electrons. The van der Waals surface area contributed by atoms with Crippen molar-refractivity contribution >= 4 is 0 Å². The largest absolute Gasteiger partial charge is 0.443 e. The van der Waals surface area contributed by atoms with Crippen LogP contribution in [0.1, 0.15) is 39.3 Å². The van der Waals surface area contributed by atoms with Gasteiger partial charge < -0.3 is 14.5 Å². The molecule has 0 saturated heterocycles. The molecule has 0 bridgehead atoms. The minimum Gasteiger partial charge on any atom is -0.443 e. The van der Waals surface area contributed by atoms with Crippen molar-refractivity contribution in [2.45, 2.75) is 45.8 Å². The van der Waals surface area contributed by atoms with Gasteiger partial charge in [0.25, 0.3) is 0 Å². The van der Waals surface area contributed by atoms with E-state index in [-0.39, 0.29) is 0 Å². The maximum atomic E-state index is 5.65. The van der Waals surface area contributed by atoms with E-state index in [1.165, 1.54) is 0 Å². The van der Waals surface area contributed by atoms with Crippen LogP contribution in [0.5, 0.6) is 0 Å². The van der Waals surface area contributed by atoms with Crippen LogP contribution in [0.4, 0.5) is 0 Å². The number of ether oxygens (including phenoxy) is 1. The van der Waals surface area contributed by atoms with Crippen LogP contribution in [0.3, 0.4) is 0 Å². The van der Waals surface area contributed by atoms with Gasteiger partial charge in [0.05, 0.1) is 6.20 Å². The van der Waals surface area contributed by atoms with Crippen molar-refractivity contribution in [2.75, 3.05) is 13.7 Å². The van der Waals surface area contributed by atoms with Gasteiger partial charge in [0.2, 0.25) is 0 Å². The van der Waals surface area contributed by atoms with E-state index in [2.05, 4.69) is 24.1 Å². The summed E-state index contributed by atoms with van der Waals surface area (Å²) >= 11 is 0. The number of hydrogen-bond donors (Lipinski definition) is 1. The van der Waals surface area contributed by atoms with E-state index < -0.39 is 5.60 Å². The van der Waals surface area contributed by atoms with Crippen LogP contribution in [0.15, 0.2) is 10.6 Å². The third-order valence-corrected chi connectivity index (χ3v) is 2.55. The van der Waals surface area contributed by atoms with Gasteiger partial charge >= 0.3 is 0 Å². The van der Waals surface area contributed by atoms with E-state index >= 15 is 0 Å². The minimum atomic E-state index is -0.406. The van der Waals surface area contributed by atoms with Crippen molar-refractivity contribution in [1.82, 2.24) is 10.3 Å². The van der Waals surface area contributed by atoms with Crippen LogP contribution >= 0.6 is 0 Å². The zero-order valence-corrected chi connectivity index (χ0v) is 10.8. The lowest BCUT2D eigenvalue weighted by Crippen LogP contribution is -2.25. The van der Waals surface area contributed by atoms with Gasteiger partial charge in [-0.05, 0) is 13.8 Å². The Morgan fingerprint density at radius 3 is 2.75 bits per heavy atom. The molecule has 0 fully saturated rings. The molecule has 4 heteroatoms. The lowest BCUT2D eigenvalue weighted by Gasteiger charge is -2.18. The van der Waals surface area contributed by atoms with Gasteiger partial charge in [-0.1, -0.05) is 13.8 Å². The molecule has 16 heavy (non-hydrogen) atoms. The third kappa shape index (κ3) is 3.61. The van der Waals surface area contributed by atoms with Gasteiger partial charge in [0.1, 0.15) is 5.60 Å².